The number of aromatic nitrogens is 2. The Morgan fingerprint density at radius 2 is 2.00 bits per heavy atom. The fourth-order valence-electron chi connectivity index (χ4n) is 2.28. The number of ether oxygens (including phenoxy) is 1. The molecule has 0 saturated heterocycles. The van der Waals surface area contributed by atoms with Crippen molar-refractivity contribution in [3.63, 3.8) is 0 Å². The first-order valence-electron chi connectivity index (χ1n) is 7.35. The van der Waals surface area contributed by atoms with Crippen molar-refractivity contribution in [2.45, 2.75) is 0 Å². The van der Waals surface area contributed by atoms with Gasteiger partial charge in [-0.05, 0) is 46.8 Å². The van der Waals surface area contributed by atoms with E-state index in [2.05, 4.69) is 10.1 Å². The van der Waals surface area contributed by atoms with Crippen molar-refractivity contribution in [1.29, 1.82) is 0 Å². The Labute approximate surface area is 143 Å². The number of anilines is 2. The molecule has 0 bridgehead atoms. The first kappa shape index (κ1) is 14.6. The van der Waals surface area contributed by atoms with Crippen molar-refractivity contribution >= 4 is 23.6 Å². The Bertz CT molecular complexity index is 871. The topological polar surface area (TPSA) is 77.4 Å². The van der Waals surface area contributed by atoms with E-state index in [9.17, 15) is 0 Å². The molecule has 6 nitrogen and oxygen atoms in total. The Morgan fingerprint density at radius 3 is 2.75 bits per heavy atom. The summed E-state index contributed by atoms with van der Waals surface area (Å²) in [4.78, 5) is 4.40. The summed E-state index contributed by atoms with van der Waals surface area (Å²) in [5.41, 5.74) is 7.34. The Balaban J connectivity index is 1.56. The number of nitrogens with zero attached hydrogens (tertiary/aromatic N) is 3. The average molecular weight is 338 g/mol. The van der Waals surface area contributed by atoms with Crippen LogP contribution in [0.2, 0.25) is 0 Å². The normalized spacial score (nSPS) is 13.4. The molecule has 0 atom stereocenters. The van der Waals surface area contributed by atoms with E-state index >= 15 is 0 Å². The fraction of sp³-hybridized carbons (Fsp3) is 0.0588. The minimum Gasteiger partial charge on any atom is -0.457 e. The van der Waals surface area contributed by atoms with Gasteiger partial charge in [0, 0.05) is 11.8 Å². The van der Waals surface area contributed by atoms with E-state index in [4.69, 9.17) is 15.0 Å². The molecule has 0 fully saturated rings. The molecule has 0 radical (unpaired) electrons. The Morgan fingerprint density at radius 1 is 1.12 bits per heavy atom. The van der Waals surface area contributed by atoms with E-state index in [1.165, 1.54) is 11.9 Å². The van der Waals surface area contributed by atoms with Crippen LogP contribution >= 0.6 is 11.9 Å². The second-order valence-electron chi connectivity index (χ2n) is 5.10. The SMILES string of the molecule is Nc1cc(Oc2ccccc2)ccc1-c1nc(N2CC=CS2)no1. The molecule has 7 heteroatoms. The van der Waals surface area contributed by atoms with E-state index in [1.54, 1.807) is 6.07 Å². The third-order valence-corrected chi connectivity index (χ3v) is 4.31. The van der Waals surface area contributed by atoms with Crippen molar-refractivity contribution in [3.05, 3.63) is 60.0 Å². The smallest absolute Gasteiger partial charge is 0.276 e. The zero-order valence-electron chi connectivity index (χ0n) is 12.6. The van der Waals surface area contributed by atoms with Gasteiger partial charge in [0.05, 0.1) is 12.1 Å². The van der Waals surface area contributed by atoms with Crippen LogP contribution in [0.4, 0.5) is 11.6 Å². The van der Waals surface area contributed by atoms with Crippen LogP contribution in [0.5, 0.6) is 11.5 Å². The van der Waals surface area contributed by atoms with Gasteiger partial charge in [-0.15, -0.1) is 0 Å². The van der Waals surface area contributed by atoms with Crippen LogP contribution in [-0.4, -0.2) is 16.7 Å². The van der Waals surface area contributed by atoms with Crippen molar-refractivity contribution in [1.82, 2.24) is 10.1 Å². The van der Waals surface area contributed by atoms with Gasteiger partial charge in [-0.25, -0.2) is 0 Å². The number of nitrogens with two attached hydrogens (primary N) is 1. The summed E-state index contributed by atoms with van der Waals surface area (Å²) in [6, 6.07) is 14.9. The number of para-hydroxylation sites is 1. The van der Waals surface area contributed by atoms with Gasteiger partial charge in [0.1, 0.15) is 11.5 Å². The predicted molar refractivity (Wildman–Crippen MR) is 94.7 cm³/mol. The minimum atomic E-state index is 0.390. The van der Waals surface area contributed by atoms with Crippen LogP contribution in [0.15, 0.2) is 64.5 Å². The maximum atomic E-state index is 6.13. The second-order valence-corrected chi connectivity index (χ2v) is 6.03. The molecule has 0 saturated carbocycles. The quantitative estimate of drug-likeness (QED) is 0.567. The molecule has 2 heterocycles. The molecular formula is C17H14N4O2S. The molecule has 1 aromatic heterocycles. The fourth-order valence-corrected chi connectivity index (χ4v) is 2.94. The monoisotopic (exact) mass is 338 g/mol. The van der Waals surface area contributed by atoms with Crippen molar-refractivity contribution in [2.75, 3.05) is 16.6 Å². The lowest BCUT2D eigenvalue weighted by Crippen LogP contribution is -2.10. The molecule has 24 heavy (non-hydrogen) atoms. The third-order valence-electron chi connectivity index (χ3n) is 3.43. The van der Waals surface area contributed by atoms with Gasteiger partial charge in [0.25, 0.3) is 11.8 Å². The number of benzene rings is 2. The first-order valence-corrected chi connectivity index (χ1v) is 8.19. The third kappa shape index (κ3) is 2.93. The van der Waals surface area contributed by atoms with Gasteiger partial charge in [-0.2, -0.15) is 4.98 Å². The van der Waals surface area contributed by atoms with Crippen LogP contribution in [0.1, 0.15) is 0 Å². The highest BCUT2D eigenvalue weighted by Gasteiger charge is 2.18. The molecule has 1 aliphatic heterocycles. The van der Waals surface area contributed by atoms with Gasteiger partial charge < -0.3 is 15.0 Å². The number of hydrogen-bond donors (Lipinski definition) is 1. The number of nitrogen functional groups attached to an aromatic ring is 1. The summed E-state index contributed by atoms with van der Waals surface area (Å²) in [7, 11) is 0. The van der Waals surface area contributed by atoms with Crippen molar-refractivity contribution in [2.24, 2.45) is 0 Å². The zero-order valence-corrected chi connectivity index (χ0v) is 13.4. The first-order chi connectivity index (χ1) is 11.8. The maximum absolute atomic E-state index is 6.13. The predicted octanol–water partition coefficient (Wildman–Crippen LogP) is 4.09. The summed E-state index contributed by atoms with van der Waals surface area (Å²) in [5, 5.41) is 5.98. The zero-order chi connectivity index (χ0) is 16.4. The highest BCUT2D eigenvalue weighted by molar-refractivity contribution is 8.03. The second kappa shape index (κ2) is 6.29. The van der Waals surface area contributed by atoms with Crippen LogP contribution in [0.25, 0.3) is 11.5 Å². The molecule has 4 rings (SSSR count). The lowest BCUT2D eigenvalue weighted by Gasteiger charge is -2.08. The summed E-state index contributed by atoms with van der Waals surface area (Å²) >= 11 is 1.53. The summed E-state index contributed by atoms with van der Waals surface area (Å²) < 4.78 is 13.0. The van der Waals surface area contributed by atoms with E-state index in [0.717, 1.165) is 12.3 Å². The van der Waals surface area contributed by atoms with Gasteiger partial charge in [0.2, 0.25) is 0 Å². The van der Waals surface area contributed by atoms with E-state index in [0.29, 0.717) is 28.8 Å². The molecular weight excluding hydrogens is 324 g/mol. The minimum absolute atomic E-state index is 0.390. The molecule has 0 aliphatic carbocycles. The number of hydrogen-bond acceptors (Lipinski definition) is 7. The molecule has 2 N–H and O–H groups in total. The molecule has 0 spiro atoms. The molecule has 1 aliphatic rings. The van der Waals surface area contributed by atoms with Crippen molar-refractivity contribution in [3.8, 4) is 23.0 Å². The molecule has 0 amide bonds. The highest BCUT2D eigenvalue weighted by Crippen LogP contribution is 2.32. The van der Waals surface area contributed by atoms with Gasteiger partial charge in [-0.3, -0.25) is 4.31 Å². The van der Waals surface area contributed by atoms with Crippen LogP contribution in [0, 0.1) is 0 Å². The van der Waals surface area contributed by atoms with Crippen LogP contribution in [-0.2, 0) is 0 Å². The summed E-state index contributed by atoms with van der Waals surface area (Å²) in [5.74, 6) is 2.33. The van der Waals surface area contributed by atoms with Gasteiger partial charge in [0.15, 0.2) is 0 Å². The highest BCUT2D eigenvalue weighted by atomic mass is 32.2. The van der Waals surface area contributed by atoms with E-state index in [-0.39, 0.29) is 0 Å². The Hall–Kier alpha value is -2.93. The van der Waals surface area contributed by atoms with Crippen LogP contribution < -0.4 is 14.8 Å². The molecule has 0 unspecified atom stereocenters. The van der Waals surface area contributed by atoms with Crippen molar-refractivity contribution < 1.29 is 9.26 Å². The van der Waals surface area contributed by atoms with Gasteiger partial charge in [-0.1, -0.05) is 24.3 Å². The summed E-state index contributed by atoms with van der Waals surface area (Å²) in [6.07, 6.45) is 2.03. The van der Waals surface area contributed by atoms with E-state index < -0.39 is 0 Å². The molecule has 120 valence electrons. The Kier molecular flexibility index (Phi) is 3.84. The lowest BCUT2D eigenvalue weighted by molar-refractivity contribution is 0.431. The summed E-state index contributed by atoms with van der Waals surface area (Å²) in [6.45, 7) is 0.753. The van der Waals surface area contributed by atoms with Gasteiger partial charge >= 0.3 is 0 Å². The largest absolute Gasteiger partial charge is 0.457 e. The molecule has 2 aromatic carbocycles. The number of rotatable bonds is 4. The standard InChI is InChI=1S/C17H14N4O2S/c18-15-11-13(22-12-5-2-1-3-6-12)7-8-14(15)16-19-17(20-23-16)21-9-4-10-24-21/h1-8,10-11H,9,18H2. The maximum Gasteiger partial charge on any atom is 0.276 e. The lowest BCUT2D eigenvalue weighted by atomic mass is 10.1. The average Bonchev–Trinajstić information content (AvgIpc) is 3.27. The van der Waals surface area contributed by atoms with Crippen LogP contribution in [0.3, 0.4) is 0 Å². The van der Waals surface area contributed by atoms with E-state index in [1.807, 2.05) is 58.3 Å². The molecule has 3 aromatic rings.